The van der Waals surface area contributed by atoms with E-state index in [0.29, 0.717) is 19.4 Å². The molecule has 0 spiro atoms. The second kappa shape index (κ2) is 10.2. The van der Waals surface area contributed by atoms with Crippen LogP contribution in [-0.4, -0.2) is 50.5 Å². The van der Waals surface area contributed by atoms with Crippen LogP contribution < -0.4 is 4.90 Å². The molecule has 0 saturated carbocycles. The van der Waals surface area contributed by atoms with Gasteiger partial charge in [0.05, 0.1) is 13.2 Å². The summed E-state index contributed by atoms with van der Waals surface area (Å²) in [6.45, 7) is 6.29. The van der Waals surface area contributed by atoms with Gasteiger partial charge in [-0.25, -0.2) is 4.39 Å². The normalized spacial score (nSPS) is 18.0. The minimum atomic E-state index is -0.185. The first-order valence-corrected chi connectivity index (χ1v) is 10.8. The van der Waals surface area contributed by atoms with Crippen molar-refractivity contribution in [3.8, 4) is 0 Å². The number of anilines is 1. The van der Waals surface area contributed by atoms with E-state index in [1.54, 1.807) is 0 Å². The van der Waals surface area contributed by atoms with E-state index in [9.17, 15) is 4.39 Å². The predicted molar refractivity (Wildman–Crippen MR) is 114 cm³/mol. The summed E-state index contributed by atoms with van der Waals surface area (Å²) in [5, 5.41) is 0. The van der Waals surface area contributed by atoms with E-state index in [2.05, 4.69) is 34.1 Å². The van der Waals surface area contributed by atoms with Crippen LogP contribution in [0.2, 0.25) is 0 Å². The van der Waals surface area contributed by atoms with Crippen LogP contribution in [0.15, 0.2) is 48.5 Å². The molecule has 4 rings (SSSR count). The number of benzene rings is 2. The molecule has 0 aliphatic carbocycles. The maximum Gasteiger partial charge on any atom is 0.123 e. The zero-order valence-electron chi connectivity index (χ0n) is 17.1. The molecule has 1 fully saturated rings. The highest BCUT2D eigenvalue weighted by Crippen LogP contribution is 2.30. The SMILES string of the molecule is Fc1ccc(CCOCCCN2CCC(N3COCc4ccccc43)CC2)cc1. The molecule has 0 radical (unpaired) electrons. The Morgan fingerprint density at radius 2 is 1.79 bits per heavy atom. The Morgan fingerprint density at radius 3 is 2.62 bits per heavy atom. The highest BCUT2D eigenvalue weighted by atomic mass is 19.1. The topological polar surface area (TPSA) is 24.9 Å². The molecule has 4 nitrogen and oxygen atoms in total. The zero-order chi connectivity index (χ0) is 19.9. The molecule has 156 valence electrons. The van der Waals surface area contributed by atoms with Crippen LogP contribution in [0, 0.1) is 5.82 Å². The number of halogens is 1. The van der Waals surface area contributed by atoms with Crippen molar-refractivity contribution in [2.45, 2.75) is 38.3 Å². The van der Waals surface area contributed by atoms with Gasteiger partial charge in [-0.3, -0.25) is 0 Å². The van der Waals surface area contributed by atoms with Crippen LogP contribution in [0.5, 0.6) is 0 Å². The van der Waals surface area contributed by atoms with E-state index in [0.717, 1.165) is 51.3 Å². The number of fused-ring (bicyclic) bond motifs is 1. The Labute approximate surface area is 173 Å². The van der Waals surface area contributed by atoms with Crippen LogP contribution in [0.3, 0.4) is 0 Å². The minimum Gasteiger partial charge on any atom is -0.381 e. The summed E-state index contributed by atoms with van der Waals surface area (Å²) in [7, 11) is 0. The third kappa shape index (κ3) is 5.56. The first-order chi connectivity index (χ1) is 14.3. The van der Waals surface area contributed by atoms with Crippen molar-refractivity contribution >= 4 is 5.69 Å². The summed E-state index contributed by atoms with van der Waals surface area (Å²) in [6.07, 6.45) is 4.26. The van der Waals surface area contributed by atoms with Gasteiger partial charge in [0.25, 0.3) is 0 Å². The van der Waals surface area contributed by atoms with Crippen LogP contribution in [0.25, 0.3) is 0 Å². The Morgan fingerprint density at radius 1 is 1.00 bits per heavy atom. The number of likely N-dealkylation sites (tertiary alicyclic amines) is 1. The molecule has 2 aromatic rings. The molecule has 29 heavy (non-hydrogen) atoms. The van der Waals surface area contributed by atoms with Gasteiger partial charge in [0.1, 0.15) is 12.5 Å². The fraction of sp³-hybridized carbons (Fsp3) is 0.500. The van der Waals surface area contributed by atoms with E-state index < -0.39 is 0 Å². The molecule has 2 aliphatic rings. The maximum atomic E-state index is 12.9. The van der Waals surface area contributed by atoms with Crippen molar-refractivity contribution in [3.63, 3.8) is 0 Å². The van der Waals surface area contributed by atoms with E-state index >= 15 is 0 Å². The fourth-order valence-corrected chi connectivity index (χ4v) is 4.33. The summed E-state index contributed by atoms with van der Waals surface area (Å²) in [5.74, 6) is -0.185. The molecule has 5 heteroatoms. The van der Waals surface area contributed by atoms with Crippen molar-refractivity contribution in [1.82, 2.24) is 4.90 Å². The molecule has 2 heterocycles. The van der Waals surface area contributed by atoms with Crippen molar-refractivity contribution in [1.29, 1.82) is 0 Å². The molecule has 0 atom stereocenters. The lowest BCUT2D eigenvalue weighted by Gasteiger charge is -2.42. The smallest absolute Gasteiger partial charge is 0.123 e. The van der Waals surface area contributed by atoms with Crippen LogP contribution >= 0.6 is 0 Å². The quantitative estimate of drug-likeness (QED) is 0.621. The number of hydrogen-bond donors (Lipinski definition) is 0. The van der Waals surface area contributed by atoms with Crippen molar-refractivity contribution < 1.29 is 13.9 Å². The van der Waals surface area contributed by atoms with Gasteiger partial charge in [0.2, 0.25) is 0 Å². The maximum absolute atomic E-state index is 12.9. The van der Waals surface area contributed by atoms with E-state index in [1.807, 2.05) is 12.1 Å². The lowest BCUT2D eigenvalue weighted by atomic mass is 10.0. The van der Waals surface area contributed by atoms with Gasteiger partial charge in [-0.15, -0.1) is 0 Å². The van der Waals surface area contributed by atoms with Gasteiger partial charge in [-0.1, -0.05) is 30.3 Å². The number of nitrogens with zero attached hydrogens (tertiary/aromatic N) is 2. The minimum absolute atomic E-state index is 0.185. The lowest BCUT2D eigenvalue weighted by molar-refractivity contribution is 0.0910. The van der Waals surface area contributed by atoms with E-state index in [-0.39, 0.29) is 5.82 Å². The Hall–Kier alpha value is -1.95. The average molecular weight is 399 g/mol. The van der Waals surface area contributed by atoms with E-state index in [4.69, 9.17) is 9.47 Å². The van der Waals surface area contributed by atoms with Gasteiger partial charge >= 0.3 is 0 Å². The summed E-state index contributed by atoms with van der Waals surface area (Å²) in [5.41, 5.74) is 3.78. The summed E-state index contributed by atoms with van der Waals surface area (Å²) < 4.78 is 24.5. The van der Waals surface area contributed by atoms with Gasteiger partial charge in [0.15, 0.2) is 0 Å². The second-order valence-electron chi connectivity index (χ2n) is 7.99. The predicted octanol–water partition coefficient (Wildman–Crippen LogP) is 4.23. The largest absolute Gasteiger partial charge is 0.381 e. The van der Waals surface area contributed by atoms with Gasteiger partial charge in [-0.2, -0.15) is 0 Å². The summed E-state index contributed by atoms with van der Waals surface area (Å²) >= 11 is 0. The number of hydrogen-bond acceptors (Lipinski definition) is 4. The molecule has 0 bridgehead atoms. The van der Waals surface area contributed by atoms with Crippen LogP contribution in [0.1, 0.15) is 30.4 Å². The van der Waals surface area contributed by atoms with E-state index in [1.165, 1.54) is 36.2 Å². The molecule has 2 aliphatic heterocycles. The highest BCUT2D eigenvalue weighted by molar-refractivity contribution is 5.55. The Bertz CT molecular complexity index is 760. The molecule has 0 unspecified atom stereocenters. The van der Waals surface area contributed by atoms with Crippen LogP contribution in [-0.2, 0) is 22.5 Å². The monoisotopic (exact) mass is 398 g/mol. The lowest BCUT2D eigenvalue weighted by Crippen LogP contribution is -2.47. The summed E-state index contributed by atoms with van der Waals surface area (Å²) in [6, 6.07) is 15.9. The Balaban J connectivity index is 1.12. The van der Waals surface area contributed by atoms with Crippen molar-refractivity contribution in [3.05, 3.63) is 65.5 Å². The zero-order valence-corrected chi connectivity index (χ0v) is 17.1. The van der Waals surface area contributed by atoms with Gasteiger partial charge in [0, 0.05) is 43.5 Å². The molecule has 0 amide bonds. The summed E-state index contributed by atoms with van der Waals surface area (Å²) in [4.78, 5) is 5.01. The number of para-hydroxylation sites is 1. The molecule has 2 aromatic carbocycles. The molecule has 0 N–H and O–H groups in total. The third-order valence-corrected chi connectivity index (χ3v) is 6.00. The average Bonchev–Trinajstić information content (AvgIpc) is 2.77. The number of rotatable bonds is 8. The molecule has 0 aromatic heterocycles. The van der Waals surface area contributed by atoms with Gasteiger partial charge in [-0.05, 0) is 49.4 Å². The van der Waals surface area contributed by atoms with Crippen LogP contribution in [0.4, 0.5) is 10.1 Å². The first kappa shape index (κ1) is 20.3. The first-order valence-electron chi connectivity index (χ1n) is 10.8. The number of ether oxygens (including phenoxy) is 2. The fourth-order valence-electron chi connectivity index (χ4n) is 4.33. The molecular weight excluding hydrogens is 367 g/mol. The standard InChI is InChI=1S/C24H31FN2O2/c25-22-8-6-20(7-9-22)12-17-28-16-3-13-26-14-10-23(11-15-26)27-19-29-18-21-4-1-2-5-24(21)27/h1-2,4-9,23H,3,10-19H2. The second-order valence-corrected chi connectivity index (χ2v) is 7.99. The Kier molecular flexibility index (Phi) is 7.14. The number of piperidine rings is 1. The molecular formula is C24H31FN2O2. The van der Waals surface area contributed by atoms with Crippen molar-refractivity contribution in [2.75, 3.05) is 44.5 Å². The van der Waals surface area contributed by atoms with Crippen molar-refractivity contribution in [2.24, 2.45) is 0 Å². The third-order valence-electron chi connectivity index (χ3n) is 6.00. The van der Waals surface area contributed by atoms with Gasteiger partial charge < -0.3 is 19.3 Å². The molecule has 1 saturated heterocycles. The highest BCUT2D eigenvalue weighted by Gasteiger charge is 2.27.